The summed E-state index contributed by atoms with van der Waals surface area (Å²) in [4.78, 5) is 168. The first kappa shape index (κ1) is 91.2. The molecule has 4 amide bonds. The third-order valence-electron chi connectivity index (χ3n) is 21.4. The van der Waals surface area contributed by atoms with Crippen molar-refractivity contribution in [1.82, 2.24) is 14.7 Å². The van der Waals surface area contributed by atoms with E-state index in [1.807, 2.05) is 60.1 Å². The summed E-state index contributed by atoms with van der Waals surface area (Å²) in [6, 6.07) is 25.4. The molecule has 8 heterocycles. The summed E-state index contributed by atoms with van der Waals surface area (Å²) in [5, 5.41) is 29.1. The van der Waals surface area contributed by atoms with E-state index in [-0.39, 0.29) is 115 Å². The number of aliphatic hydroxyl groups is 2. The number of benzene rings is 5. The minimum absolute atomic E-state index is 0.0182. The number of methoxy groups -OCH3 is 2. The number of amides is 4. The molecule has 670 valence electrons. The Morgan fingerprint density at radius 2 is 0.841 bits per heavy atom. The monoisotopic (exact) mass is 1780 g/mol. The molecule has 5 aromatic carbocycles. The van der Waals surface area contributed by atoms with Gasteiger partial charge in [0, 0.05) is 115 Å². The van der Waals surface area contributed by atoms with Crippen LogP contribution in [0.15, 0.2) is 114 Å². The van der Waals surface area contributed by atoms with E-state index >= 15 is 14.4 Å². The van der Waals surface area contributed by atoms with Gasteiger partial charge in [0.2, 0.25) is 24.8 Å². The van der Waals surface area contributed by atoms with Crippen LogP contribution in [0.3, 0.4) is 0 Å². The molecule has 14 atom stereocenters. The third-order valence-corrected chi connectivity index (χ3v) is 23.4. The first-order chi connectivity index (χ1) is 60.2. The SMILES string of the molecule is COc1cc2c(cc1OCc1cc(COc3cc4c(cc3OC)C(=O)N3Cc5ccsc5C[C@H]3C(O)N4C(=O)OCc3ccc(O[C@@H]4O[C@H](COC(C)=O)[C@H](CC(C)=O)[C@H](OC(C)=O)[C@@H]4OC(C)=O)cc3)cc(CN(C)C)c1)N(C(=O)OCc1ccc(O[C@@H]3O[C@H](COC(C)=O)[C@H](OC(C)=O)[C@H](OC(C)=O)[C@@H]3OC(C)=O)cc1)C(O)C1Cc3sccc3CN1C2=O. The Morgan fingerprint density at radius 3 is 1.25 bits per heavy atom. The summed E-state index contributed by atoms with van der Waals surface area (Å²) in [6.45, 7) is 7.86. The van der Waals surface area contributed by atoms with Crippen molar-refractivity contribution < 1.29 is 148 Å². The topological polar surface area (TPSA) is 418 Å². The van der Waals surface area contributed by atoms with E-state index in [0.717, 1.165) is 77.8 Å². The van der Waals surface area contributed by atoms with E-state index in [2.05, 4.69) is 0 Å². The lowest BCUT2D eigenvalue weighted by Crippen LogP contribution is -2.63. The largest absolute Gasteiger partial charge is 0.493 e. The number of Topliss-reactive ketones (excluding diaryl/α,β-unsaturated/α-hetero) is 1. The molecule has 2 N–H and O–H groups in total. The number of nitrogens with zero attached hydrogens (tertiary/aromatic N) is 5. The van der Waals surface area contributed by atoms with Gasteiger partial charge < -0.3 is 110 Å². The Balaban J connectivity index is 0.745. The molecule has 36 nitrogen and oxygen atoms in total. The van der Waals surface area contributed by atoms with Gasteiger partial charge in [0.25, 0.3) is 11.8 Å². The molecule has 0 aliphatic carbocycles. The molecular formula is C88H95N5O31S2. The molecule has 0 radical (unpaired) electrons. The number of aliphatic hydroxyl groups excluding tert-OH is 2. The van der Waals surface area contributed by atoms with Gasteiger partial charge in [-0.1, -0.05) is 36.4 Å². The van der Waals surface area contributed by atoms with E-state index in [9.17, 15) is 53.4 Å². The number of ketones is 1. The summed E-state index contributed by atoms with van der Waals surface area (Å²) < 4.78 is 100. The first-order valence-electron chi connectivity index (χ1n) is 40.1. The molecule has 6 aliphatic heterocycles. The van der Waals surface area contributed by atoms with Crippen molar-refractivity contribution in [3.8, 4) is 34.5 Å². The van der Waals surface area contributed by atoms with Crippen LogP contribution in [0.25, 0.3) is 0 Å². The number of carbonyl (C=O) groups is 12. The van der Waals surface area contributed by atoms with Crippen molar-refractivity contribution in [3.63, 3.8) is 0 Å². The highest BCUT2D eigenvalue weighted by atomic mass is 32.1. The van der Waals surface area contributed by atoms with Gasteiger partial charge in [-0.3, -0.25) is 43.2 Å². The van der Waals surface area contributed by atoms with Gasteiger partial charge in [0.1, 0.15) is 69.1 Å². The lowest BCUT2D eigenvalue weighted by Gasteiger charge is -2.44. The average Bonchev–Trinajstić information content (AvgIpc) is 1.59. The minimum atomic E-state index is -1.70. The molecule has 0 saturated carbocycles. The molecule has 0 bridgehead atoms. The van der Waals surface area contributed by atoms with Crippen LogP contribution in [-0.2, 0) is 149 Å². The first-order valence-corrected chi connectivity index (χ1v) is 41.9. The van der Waals surface area contributed by atoms with E-state index in [1.54, 1.807) is 12.1 Å². The Bertz CT molecular complexity index is 4960. The molecule has 2 saturated heterocycles. The zero-order chi connectivity index (χ0) is 90.2. The summed E-state index contributed by atoms with van der Waals surface area (Å²) in [6.07, 6.45) is -17.9. The van der Waals surface area contributed by atoms with E-state index in [0.29, 0.717) is 28.8 Å². The summed E-state index contributed by atoms with van der Waals surface area (Å²) in [5.74, 6) is -7.16. The quantitative estimate of drug-likeness (QED) is 0.0327. The molecule has 13 rings (SSSR count). The number of thiophene rings is 2. The second kappa shape index (κ2) is 39.8. The van der Waals surface area contributed by atoms with Crippen molar-refractivity contribution in [2.24, 2.45) is 5.92 Å². The number of hydrogen-bond acceptors (Lipinski definition) is 34. The third kappa shape index (κ3) is 21.2. The van der Waals surface area contributed by atoms with Crippen LogP contribution in [0.4, 0.5) is 21.0 Å². The predicted octanol–water partition coefficient (Wildman–Crippen LogP) is 8.72. The second-order valence-electron chi connectivity index (χ2n) is 31.0. The summed E-state index contributed by atoms with van der Waals surface area (Å²) in [7, 11) is 6.55. The highest BCUT2D eigenvalue weighted by Crippen LogP contribution is 2.46. The van der Waals surface area contributed by atoms with E-state index in [4.69, 9.17) is 80.5 Å². The fourth-order valence-corrected chi connectivity index (χ4v) is 17.9. The highest BCUT2D eigenvalue weighted by Gasteiger charge is 2.56. The lowest BCUT2D eigenvalue weighted by atomic mass is 9.85. The van der Waals surface area contributed by atoms with Crippen molar-refractivity contribution in [2.75, 3.05) is 51.3 Å². The van der Waals surface area contributed by atoms with Crippen LogP contribution in [0.2, 0.25) is 0 Å². The van der Waals surface area contributed by atoms with Gasteiger partial charge in [0.05, 0.1) is 48.8 Å². The standard InChI is InChI=1S/C88H95N5O31S2/c1-44(94)25-63-72(42-110-45(2)95)123-85(79(119-50(7)100)76(63)116-47(4)97)121-59-17-13-52(14-18-59)38-114-87(106)92-64-31-70(68(108-11)29-61(64)81(102)90-36-57-21-23-125-74(57)33-66(90)83(92)104)112-40-55-26-54(35-89(9)10)27-56(28-55)41-113-71-32-65-62(30-69(71)109-12)82(103)91-37-58-22-24-126-75(58)34-67(91)84(105)93(65)88(107)115-39-53-15-19-60(20-16-53)122-86-80(120-51(8)101)78(118-49(6)99)77(117-48(5)98)73(124-86)43-111-46(3)96/h13-24,26-32,63,66-67,72-73,76-80,83-86,104-105H,25,33-43H2,1-12H3/t63-,66-,67?,72+,73+,76-,77-,78-,79-,80-,83?,84?,85+,86+/m0/s1. The minimum Gasteiger partial charge on any atom is -0.493 e. The number of fused-ring (bicyclic) bond motifs is 6. The summed E-state index contributed by atoms with van der Waals surface area (Å²) >= 11 is 2.90. The Kier molecular flexibility index (Phi) is 28.8. The zero-order valence-electron chi connectivity index (χ0n) is 70.8. The van der Waals surface area contributed by atoms with Crippen molar-refractivity contribution in [3.05, 3.63) is 174 Å². The van der Waals surface area contributed by atoms with Gasteiger partial charge in [-0.25, -0.2) is 19.4 Å². The number of esters is 7. The fourth-order valence-electron chi connectivity index (χ4n) is 16.0. The molecular weight excluding hydrogens is 1690 g/mol. The average molecular weight is 1780 g/mol. The van der Waals surface area contributed by atoms with Crippen LogP contribution in [0, 0.1) is 5.92 Å². The van der Waals surface area contributed by atoms with Gasteiger partial charge in [-0.05, 0) is 125 Å². The van der Waals surface area contributed by atoms with Crippen LogP contribution < -0.4 is 38.2 Å². The van der Waals surface area contributed by atoms with E-state index in [1.165, 1.54) is 121 Å². The highest BCUT2D eigenvalue weighted by molar-refractivity contribution is 7.10. The molecule has 2 aromatic heterocycles. The van der Waals surface area contributed by atoms with Crippen molar-refractivity contribution in [2.45, 2.75) is 201 Å². The molecule has 3 unspecified atom stereocenters. The summed E-state index contributed by atoms with van der Waals surface area (Å²) in [5.41, 5.74) is 4.38. The van der Waals surface area contributed by atoms with Crippen LogP contribution in [0.5, 0.6) is 34.5 Å². The zero-order valence-corrected chi connectivity index (χ0v) is 72.5. The molecule has 7 aromatic rings. The Hall–Kier alpha value is -12.5. The normalized spacial score (nSPS) is 22.8. The predicted molar refractivity (Wildman–Crippen MR) is 440 cm³/mol. The lowest BCUT2D eigenvalue weighted by molar-refractivity contribution is -0.288. The second-order valence-corrected chi connectivity index (χ2v) is 33.0. The van der Waals surface area contributed by atoms with Gasteiger partial charge >= 0.3 is 54.0 Å². The Labute approximate surface area is 731 Å². The van der Waals surface area contributed by atoms with Crippen molar-refractivity contribution in [1.29, 1.82) is 0 Å². The maximum atomic E-state index is 15.1. The van der Waals surface area contributed by atoms with Crippen LogP contribution in [0.1, 0.15) is 131 Å². The smallest absolute Gasteiger partial charge is 0.416 e. The van der Waals surface area contributed by atoms with Crippen molar-refractivity contribution >= 4 is 106 Å². The van der Waals surface area contributed by atoms with Gasteiger partial charge in [-0.15, -0.1) is 22.7 Å². The van der Waals surface area contributed by atoms with E-state index < -0.39 is 171 Å². The number of anilines is 2. The number of hydrogen-bond donors (Lipinski definition) is 2. The molecule has 2 fully saturated rings. The number of carbonyl (C=O) groups excluding carboxylic acids is 12. The maximum Gasteiger partial charge on any atom is 0.416 e. The van der Waals surface area contributed by atoms with Gasteiger partial charge in [-0.2, -0.15) is 0 Å². The fraction of sp³-hybridized carbons (Fsp3) is 0.432. The maximum absolute atomic E-state index is 15.1. The molecule has 126 heavy (non-hydrogen) atoms. The van der Waals surface area contributed by atoms with Gasteiger partial charge in [0.15, 0.2) is 53.8 Å². The molecule has 0 spiro atoms. The van der Waals surface area contributed by atoms with Crippen LogP contribution >= 0.6 is 22.7 Å². The number of ether oxygens (including phenoxy) is 17. The Morgan fingerprint density at radius 1 is 0.444 bits per heavy atom. The number of rotatable bonds is 29. The molecule has 6 aliphatic rings. The molecule has 38 heteroatoms. The van der Waals surface area contributed by atoms with Crippen LogP contribution in [-0.4, -0.2) is 218 Å².